The van der Waals surface area contributed by atoms with Gasteiger partial charge in [0.15, 0.2) is 0 Å². The minimum absolute atomic E-state index is 0.0105. The van der Waals surface area contributed by atoms with Crippen LogP contribution in [-0.2, 0) is 19.2 Å². The van der Waals surface area contributed by atoms with Gasteiger partial charge in [-0.1, -0.05) is 0 Å². The monoisotopic (exact) mass is 370 g/mol. The summed E-state index contributed by atoms with van der Waals surface area (Å²) in [5.41, 5.74) is 0. The van der Waals surface area contributed by atoms with Crippen LogP contribution in [0.1, 0.15) is 38.5 Å². The first-order valence-corrected chi connectivity index (χ1v) is 9.73. The Morgan fingerprint density at radius 1 is 1.20 bits per heavy atom. The molecule has 1 saturated carbocycles. The lowest BCUT2D eigenvalue weighted by molar-refractivity contribution is -0.144. The lowest BCUT2D eigenvalue weighted by Gasteiger charge is -2.28. The molecule has 1 atom stereocenters. The zero-order chi connectivity index (χ0) is 18.6. The van der Waals surface area contributed by atoms with Gasteiger partial charge in [0.05, 0.1) is 11.2 Å². The molecule has 7 nitrogen and oxygen atoms in total. The zero-order valence-corrected chi connectivity index (χ0v) is 15.6. The second kappa shape index (κ2) is 8.69. The summed E-state index contributed by atoms with van der Waals surface area (Å²) in [7, 11) is 3.39. The van der Waals surface area contributed by atoms with Crippen molar-refractivity contribution in [1.82, 2.24) is 9.80 Å². The third-order valence-corrected chi connectivity index (χ3v) is 6.18. The van der Waals surface area contributed by atoms with Crippen molar-refractivity contribution in [3.63, 3.8) is 0 Å². The number of hydrogen-bond acceptors (Lipinski definition) is 5. The summed E-state index contributed by atoms with van der Waals surface area (Å²) >= 11 is 1.37. The first-order chi connectivity index (χ1) is 11.8. The molecule has 25 heavy (non-hydrogen) atoms. The lowest BCUT2D eigenvalue weighted by atomic mass is 9.82. The first kappa shape index (κ1) is 19.8. The van der Waals surface area contributed by atoms with Crippen LogP contribution in [0.3, 0.4) is 0 Å². The van der Waals surface area contributed by atoms with Crippen LogP contribution in [0.2, 0.25) is 0 Å². The van der Waals surface area contributed by atoms with Crippen molar-refractivity contribution in [3.8, 4) is 0 Å². The maximum atomic E-state index is 12.5. The summed E-state index contributed by atoms with van der Waals surface area (Å²) in [4.78, 5) is 50.1. The molecule has 140 valence electrons. The largest absolute Gasteiger partial charge is 0.481 e. The summed E-state index contributed by atoms with van der Waals surface area (Å²) < 4.78 is 0. The fraction of sp³-hybridized carbons (Fsp3) is 0.765. The molecule has 0 radical (unpaired) electrons. The number of carbonyl (C=O) groups is 4. The third-order valence-electron chi connectivity index (χ3n) is 4.97. The Balaban J connectivity index is 1.79. The van der Waals surface area contributed by atoms with Crippen LogP contribution in [0, 0.1) is 11.8 Å². The van der Waals surface area contributed by atoms with Crippen molar-refractivity contribution >= 4 is 35.5 Å². The molecule has 8 heteroatoms. The van der Waals surface area contributed by atoms with E-state index in [2.05, 4.69) is 0 Å². The van der Waals surface area contributed by atoms with Crippen LogP contribution in [0.4, 0.5) is 0 Å². The molecule has 1 N–H and O–H groups in total. The molecule has 2 fully saturated rings. The fourth-order valence-corrected chi connectivity index (χ4v) is 4.44. The number of amides is 3. The Morgan fingerprint density at radius 2 is 1.84 bits per heavy atom. The molecule has 1 aliphatic heterocycles. The van der Waals surface area contributed by atoms with Gasteiger partial charge < -0.3 is 10.0 Å². The van der Waals surface area contributed by atoms with E-state index in [0.29, 0.717) is 31.6 Å². The Kier molecular flexibility index (Phi) is 6.87. The number of carboxylic acid groups (broad SMARTS) is 1. The van der Waals surface area contributed by atoms with Crippen LogP contribution in [-0.4, -0.2) is 70.2 Å². The van der Waals surface area contributed by atoms with Gasteiger partial charge in [-0.3, -0.25) is 24.1 Å². The summed E-state index contributed by atoms with van der Waals surface area (Å²) in [6.45, 7) is 0.400. The second-order valence-electron chi connectivity index (χ2n) is 7.00. The molecule has 1 unspecified atom stereocenters. The van der Waals surface area contributed by atoms with Gasteiger partial charge in [0.2, 0.25) is 17.7 Å². The van der Waals surface area contributed by atoms with E-state index in [1.807, 2.05) is 0 Å². The zero-order valence-electron chi connectivity index (χ0n) is 14.8. The Labute approximate surface area is 152 Å². The predicted octanol–water partition coefficient (Wildman–Crippen LogP) is 1.22. The molecule has 1 aliphatic carbocycles. The number of thioether (sulfide) groups is 1. The van der Waals surface area contributed by atoms with E-state index in [0.717, 1.165) is 12.8 Å². The van der Waals surface area contributed by atoms with Crippen LogP contribution in [0.15, 0.2) is 0 Å². The Morgan fingerprint density at radius 3 is 2.40 bits per heavy atom. The minimum Gasteiger partial charge on any atom is -0.481 e. The summed E-state index contributed by atoms with van der Waals surface area (Å²) in [5.74, 6) is -0.624. The van der Waals surface area contributed by atoms with Gasteiger partial charge in [-0.2, -0.15) is 0 Å². The maximum absolute atomic E-state index is 12.5. The van der Waals surface area contributed by atoms with Crippen LogP contribution in [0.5, 0.6) is 0 Å². The number of hydrogen-bond donors (Lipinski definition) is 1. The molecule has 0 aromatic carbocycles. The number of likely N-dealkylation sites (tertiary alicyclic amines) is 1. The number of aliphatic carboxylic acids is 1. The van der Waals surface area contributed by atoms with Gasteiger partial charge in [-0.15, -0.1) is 11.8 Å². The molecule has 0 aromatic rings. The van der Waals surface area contributed by atoms with E-state index in [1.165, 1.54) is 21.6 Å². The van der Waals surface area contributed by atoms with E-state index in [1.54, 1.807) is 14.1 Å². The van der Waals surface area contributed by atoms with Gasteiger partial charge in [0, 0.05) is 39.2 Å². The maximum Gasteiger partial charge on any atom is 0.306 e. The molecule has 0 spiro atoms. The average Bonchev–Trinajstić information content (AvgIpc) is 2.82. The topological polar surface area (TPSA) is 95.0 Å². The fourth-order valence-electron chi connectivity index (χ4n) is 3.34. The predicted molar refractivity (Wildman–Crippen MR) is 94.0 cm³/mol. The van der Waals surface area contributed by atoms with E-state index in [4.69, 9.17) is 5.11 Å². The number of carboxylic acids is 1. The van der Waals surface area contributed by atoms with E-state index < -0.39 is 11.2 Å². The lowest BCUT2D eigenvalue weighted by Crippen LogP contribution is -2.37. The van der Waals surface area contributed by atoms with Gasteiger partial charge in [-0.05, 0) is 31.6 Å². The third kappa shape index (κ3) is 5.20. The summed E-state index contributed by atoms with van der Waals surface area (Å²) in [5, 5.41) is 8.64. The average molecular weight is 370 g/mol. The highest BCUT2D eigenvalue weighted by Crippen LogP contribution is 2.32. The summed E-state index contributed by atoms with van der Waals surface area (Å²) in [6, 6.07) is 0. The number of rotatable bonds is 7. The molecule has 1 saturated heterocycles. The SMILES string of the molecule is CN(C)C(=O)CCSC1CC(=O)N(CC2CCC(C(=O)O)CC2)C1=O. The van der Waals surface area contributed by atoms with Crippen molar-refractivity contribution in [1.29, 1.82) is 0 Å². The molecule has 2 aliphatic rings. The quantitative estimate of drug-likeness (QED) is 0.677. The molecule has 1 heterocycles. The smallest absolute Gasteiger partial charge is 0.306 e. The Bertz CT molecular complexity index is 543. The summed E-state index contributed by atoms with van der Waals surface area (Å²) in [6.07, 6.45) is 3.26. The first-order valence-electron chi connectivity index (χ1n) is 8.68. The van der Waals surface area contributed by atoms with Gasteiger partial charge in [-0.25, -0.2) is 0 Å². The van der Waals surface area contributed by atoms with E-state index >= 15 is 0 Å². The molecular formula is C17H26N2O5S. The highest BCUT2D eigenvalue weighted by Gasteiger charge is 2.40. The highest BCUT2D eigenvalue weighted by atomic mass is 32.2. The second-order valence-corrected chi connectivity index (χ2v) is 8.31. The van der Waals surface area contributed by atoms with Crippen LogP contribution in [0.25, 0.3) is 0 Å². The standard InChI is InChI=1S/C17H26N2O5S/c1-18(2)14(20)7-8-25-13-9-15(21)19(16(13)22)10-11-3-5-12(6-4-11)17(23)24/h11-13H,3-10H2,1-2H3,(H,23,24). The number of imide groups is 1. The van der Waals surface area contributed by atoms with Gasteiger partial charge >= 0.3 is 5.97 Å². The van der Waals surface area contributed by atoms with Crippen molar-refractivity contribution in [2.24, 2.45) is 11.8 Å². The molecule has 0 aromatic heterocycles. The number of nitrogens with zero attached hydrogens (tertiary/aromatic N) is 2. The molecule has 3 amide bonds. The number of carbonyl (C=O) groups excluding carboxylic acids is 3. The highest BCUT2D eigenvalue weighted by molar-refractivity contribution is 8.00. The normalized spacial score (nSPS) is 26.8. The molecular weight excluding hydrogens is 344 g/mol. The van der Waals surface area contributed by atoms with Crippen molar-refractivity contribution in [2.75, 3.05) is 26.4 Å². The van der Waals surface area contributed by atoms with Crippen molar-refractivity contribution < 1.29 is 24.3 Å². The van der Waals surface area contributed by atoms with Crippen LogP contribution >= 0.6 is 11.8 Å². The molecule has 2 rings (SSSR count). The van der Waals surface area contributed by atoms with E-state index in [9.17, 15) is 19.2 Å². The van der Waals surface area contributed by atoms with Crippen molar-refractivity contribution in [2.45, 2.75) is 43.8 Å². The van der Waals surface area contributed by atoms with Crippen LogP contribution < -0.4 is 0 Å². The van der Waals surface area contributed by atoms with Gasteiger partial charge in [0.1, 0.15) is 0 Å². The van der Waals surface area contributed by atoms with Crippen molar-refractivity contribution in [3.05, 3.63) is 0 Å². The molecule has 0 bridgehead atoms. The minimum atomic E-state index is -0.754. The van der Waals surface area contributed by atoms with Gasteiger partial charge in [0.25, 0.3) is 0 Å². The Hall–Kier alpha value is -1.57. The van der Waals surface area contributed by atoms with E-state index in [-0.39, 0.29) is 36.0 Å².